The van der Waals surface area contributed by atoms with Gasteiger partial charge in [0.1, 0.15) is 0 Å². The van der Waals surface area contributed by atoms with Crippen LogP contribution in [0.25, 0.3) is 0 Å². The van der Waals surface area contributed by atoms with Gasteiger partial charge in [-0.2, -0.15) is 0 Å². The number of rotatable bonds is 5. The molecule has 0 aliphatic carbocycles. The van der Waals surface area contributed by atoms with E-state index in [0.29, 0.717) is 25.4 Å². The first-order chi connectivity index (χ1) is 9.88. The minimum Gasteiger partial charge on any atom is -0.398 e. The molecule has 1 fully saturated rings. The highest BCUT2D eigenvalue weighted by atomic mass is 32.2. The summed E-state index contributed by atoms with van der Waals surface area (Å²) < 4.78 is 32.7. The summed E-state index contributed by atoms with van der Waals surface area (Å²) in [7, 11) is -3.54. The smallest absolute Gasteiger partial charge is 0.240 e. The van der Waals surface area contributed by atoms with Crippen LogP contribution in [0.3, 0.4) is 0 Å². The monoisotopic (exact) mass is 313 g/mol. The molecule has 1 aliphatic rings. The van der Waals surface area contributed by atoms with Gasteiger partial charge in [0.05, 0.1) is 18.1 Å². The van der Waals surface area contributed by atoms with E-state index in [2.05, 4.69) is 9.62 Å². The van der Waals surface area contributed by atoms with Gasteiger partial charge in [-0.05, 0) is 31.5 Å². The van der Waals surface area contributed by atoms with E-state index < -0.39 is 10.0 Å². The normalized spacial score (nSPS) is 18.6. The Morgan fingerprint density at radius 2 is 2.05 bits per heavy atom. The molecule has 0 saturated carbocycles. The van der Waals surface area contributed by atoms with Crippen molar-refractivity contribution in [3.63, 3.8) is 0 Å². The molecule has 7 heteroatoms. The van der Waals surface area contributed by atoms with E-state index in [-0.39, 0.29) is 10.9 Å². The molecule has 0 bridgehead atoms. The van der Waals surface area contributed by atoms with Crippen LogP contribution in [0.5, 0.6) is 0 Å². The highest BCUT2D eigenvalue weighted by molar-refractivity contribution is 7.89. The first-order valence-electron chi connectivity index (χ1n) is 7.07. The zero-order valence-electron chi connectivity index (χ0n) is 12.5. The molecule has 2 rings (SSSR count). The summed E-state index contributed by atoms with van der Waals surface area (Å²) in [4.78, 5) is 2.40. The quantitative estimate of drug-likeness (QED) is 0.777. The molecule has 0 amide bonds. The molecule has 6 nitrogen and oxygen atoms in total. The molecule has 1 saturated heterocycles. The number of aryl methyl sites for hydroxylation is 1. The fourth-order valence-corrected chi connectivity index (χ4v) is 3.60. The van der Waals surface area contributed by atoms with E-state index in [0.717, 1.165) is 18.7 Å². The maximum atomic E-state index is 12.3. The Balaban J connectivity index is 2.00. The molecule has 0 spiro atoms. The molecular weight excluding hydrogens is 290 g/mol. The highest BCUT2D eigenvalue weighted by Gasteiger charge is 2.20. The Kier molecular flexibility index (Phi) is 5.21. The van der Waals surface area contributed by atoms with Gasteiger partial charge in [0.2, 0.25) is 10.0 Å². The Morgan fingerprint density at radius 3 is 2.67 bits per heavy atom. The van der Waals surface area contributed by atoms with Gasteiger partial charge in [-0.3, -0.25) is 4.90 Å². The minimum atomic E-state index is -3.54. The van der Waals surface area contributed by atoms with E-state index >= 15 is 0 Å². The van der Waals surface area contributed by atoms with E-state index in [1.54, 1.807) is 12.1 Å². The van der Waals surface area contributed by atoms with Gasteiger partial charge in [-0.15, -0.1) is 0 Å². The van der Waals surface area contributed by atoms with Crippen LogP contribution >= 0.6 is 0 Å². The number of ether oxygens (including phenoxy) is 1. The molecule has 118 valence electrons. The fourth-order valence-electron chi connectivity index (χ4n) is 2.33. The second-order valence-electron chi connectivity index (χ2n) is 5.45. The van der Waals surface area contributed by atoms with Crippen molar-refractivity contribution in [1.82, 2.24) is 9.62 Å². The molecule has 1 aromatic rings. The number of nitrogens with one attached hydrogen (secondary N) is 1. The van der Waals surface area contributed by atoms with Crippen molar-refractivity contribution in [3.8, 4) is 0 Å². The summed E-state index contributed by atoms with van der Waals surface area (Å²) >= 11 is 0. The summed E-state index contributed by atoms with van der Waals surface area (Å²) in [5.41, 5.74) is 7.14. The molecule has 1 unspecified atom stereocenters. The van der Waals surface area contributed by atoms with Crippen molar-refractivity contribution in [2.45, 2.75) is 24.8 Å². The first-order valence-corrected chi connectivity index (χ1v) is 8.55. The van der Waals surface area contributed by atoms with Gasteiger partial charge in [-0.25, -0.2) is 13.1 Å². The predicted octanol–water partition coefficient (Wildman–Crippen LogP) is 0.576. The maximum Gasteiger partial charge on any atom is 0.240 e. The third-order valence-electron chi connectivity index (χ3n) is 3.55. The van der Waals surface area contributed by atoms with Gasteiger partial charge >= 0.3 is 0 Å². The number of benzene rings is 1. The zero-order chi connectivity index (χ0) is 15.5. The van der Waals surface area contributed by atoms with Gasteiger partial charge < -0.3 is 10.5 Å². The summed E-state index contributed by atoms with van der Waals surface area (Å²) in [6.45, 7) is 7.46. The average molecular weight is 313 g/mol. The van der Waals surface area contributed by atoms with Crippen LogP contribution in [0.15, 0.2) is 23.1 Å². The fraction of sp³-hybridized carbons (Fsp3) is 0.571. The van der Waals surface area contributed by atoms with E-state index in [1.807, 2.05) is 13.8 Å². The minimum absolute atomic E-state index is 0.171. The van der Waals surface area contributed by atoms with Crippen LogP contribution in [-0.4, -0.2) is 52.2 Å². The van der Waals surface area contributed by atoms with Gasteiger partial charge in [0.15, 0.2) is 0 Å². The molecule has 0 radical (unpaired) electrons. The van der Waals surface area contributed by atoms with E-state index in [4.69, 9.17) is 10.5 Å². The van der Waals surface area contributed by atoms with E-state index in [1.165, 1.54) is 6.07 Å². The van der Waals surface area contributed by atoms with Crippen LogP contribution in [0.2, 0.25) is 0 Å². The lowest BCUT2D eigenvalue weighted by Gasteiger charge is -2.29. The van der Waals surface area contributed by atoms with Crippen LogP contribution < -0.4 is 10.5 Å². The topological polar surface area (TPSA) is 84.7 Å². The van der Waals surface area contributed by atoms with Gasteiger partial charge in [0, 0.05) is 31.4 Å². The van der Waals surface area contributed by atoms with Crippen LogP contribution in [0.1, 0.15) is 12.5 Å². The number of nitrogen functional groups attached to an aromatic ring is 1. The zero-order valence-corrected chi connectivity index (χ0v) is 13.3. The maximum absolute atomic E-state index is 12.3. The number of anilines is 1. The SMILES string of the molecule is Cc1ccc(S(=O)(=O)NC(C)CN2CCOCC2)cc1N. The summed E-state index contributed by atoms with van der Waals surface area (Å²) in [6.07, 6.45) is 0. The van der Waals surface area contributed by atoms with Crippen molar-refractivity contribution < 1.29 is 13.2 Å². The van der Waals surface area contributed by atoms with Gasteiger partial charge in [-0.1, -0.05) is 6.07 Å². The molecule has 21 heavy (non-hydrogen) atoms. The second kappa shape index (κ2) is 6.74. The average Bonchev–Trinajstić information content (AvgIpc) is 2.42. The summed E-state index contributed by atoms with van der Waals surface area (Å²) in [5.74, 6) is 0. The number of hydrogen-bond acceptors (Lipinski definition) is 5. The largest absolute Gasteiger partial charge is 0.398 e. The lowest BCUT2D eigenvalue weighted by Crippen LogP contribution is -2.45. The van der Waals surface area contributed by atoms with Crippen LogP contribution in [0.4, 0.5) is 5.69 Å². The number of hydrogen-bond donors (Lipinski definition) is 2. The standard InChI is InChI=1S/C14H23N3O3S/c1-11-3-4-13(9-14(11)15)21(18,19)16-12(2)10-17-5-7-20-8-6-17/h3-4,9,12,16H,5-8,10,15H2,1-2H3. The van der Waals surface area contributed by atoms with Gasteiger partial charge in [0.25, 0.3) is 0 Å². The lowest BCUT2D eigenvalue weighted by molar-refractivity contribution is 0.0354. The van der Waals surface area contributed by atoms with Crippen molar-refractivity contribution in [1.29, 1.82) is 0 Å². The molecule has 0 aromatic heterocycles. The third-order valence-corrected chi connectivity index (χ3v) is 5.14. The Bertz CT molecular complexity index is 583. The van der Waals surface area contributed by atoms with Crippen molar-refractivity contribution in [3.05, 3.63) is 23.8 Å². The second-order valence-corrected chi connectivity index (χ2v) is 7.17. The Hall–Kier alpha value is -1.15. The number of nitrogens with zero attached hydrogens (tertiary/aromatic N) is 1. The summed E-state index contributed by atoms with van der Waals surface area (Å²) in [5, 5.41) is 0. The lowest BCUT2D eigenvalue weighted by atomic mass is 10.2. The van der Waals surface area contributed by atoms with Crippen molar-refractivity contribution in [2.24, 2.45) is 0 Å². The third kappa shape index (κ3) is 4.41. The Labute approximate surface area is 126 Å². The number of nitrogens with two attached hydrogens (primary N) is 1. The van der Waals surface area contributed by atoms with E-state index in [9.17, 15) is 8.42 Å². The van der Waals surface area contributed by atoms with Crippen molar-refractivity contribution in [2.75, 3.05) is 38.6 Å². The van der Waals surface area contributed by atoms with Crippen LogP contribution in [0, 0.1) is 6.92 Å². The summed E-state index contributed by atoms with van der Waals surface area (Å²) in [6, 6.07) is 4.63. The first kappa shape index (κ1) is 16.2. The molecule has 1 aromatic carbocycles. The predicted molar refractivity (Wildman–Crippen MR) is 82.6 cm³/mol. The Morgan fingerprint density at radius 1 is 1.38 bits per heavy atom. The number of morpholine rings is 1. The van der Waals surface area contributed by atoms with Crippen LogP contribution in [-0.2, 0) is 14.8 Å². The number of sulfonamides is 1. The molecule has 1 aliphatic heterocycles. The molecule has 1 atom stereocenters. The highest BCUT2D eigenvalue weighted by Crippen LogP contribution is 2.17. The molecule has 1 heterocycles. The molecule has 3 N–H and O–H groups in total. The molecular formula is C14H23N3O3S. The van der Waals surface area contributed by atoms with Crippen molar-refractivity contribution >= 4 is 15.7 Å².